The zero-order valence-corrected chi connectivity index (χ0v) is 11.4. The van der Waals surface area contributed by atoms with Crippen LogP contribution in [0.2, 0.25) is 0 Å². The van der Waals surface area contributed by atoms with Crippen LogP contribution >= 0.6 is 11.8 Å². The number of hydrogen-bond donors (Lipinski definition) is 2. The van der Waals surface area contributed by atoms with Crippen molar-refractivity contribution in [2.24, 2.45) is 12.9 Å². The third-order valence-electron chi connectivity index (χ3n) is 2.79. The molecule has 0 spiro atoms. The van der Waals surface area contributed by atoms with E-state index in [1.54, 1.807) is 16.4 Å². The predicted octanol–water partition coefficient (Wildman–Crippen LogP) is 2.03. The number of rotatable bonds is 5. The van der Waals surface area contributed by atoms with Crippen LogP contribution in [0.5, 0.6) is 0 Å². The van der Waals surface area contributed by atoms with Crippen molar-refractivity contribution < 1.29 is 0 Å². The molecule has 0 aliphatic rings. The second kappa shape index (κ2) is 6.04. The Balaban J connectivity index is 2.02. The quantitative estimate of drug-likeness (QED) is 0.492. The Kier molecular flexibility index (Phi) is 4.41. The molecular weight excluding hydrogens is 244 g/mol. The van der Waals surface area contributed by atoms with Crippen molar-refractivity contribution in [3.8, 4) is 0 Å². The van der Waals surface area contributed by atoms with Gasteiger partial charge in [-0.2, -0.15) is 5.10 Å². The molecule has 0 saturated carbocycles. The van der Waals surface area contributed by atoms with E-state index in [9.17, 15) is 0 Å². The molecule has 0 radical (unpaired) electrons. The van der Waals surface area contributed by atoms with Crippen LogP contribution in [0, 0.1) is 6.92 Å². The highest BCUT2D eigenvalue weighted by atomic mass is 32.2. The maximum Gasteiger partial charge on any atom is 0.0815 e. The number of thioether (sulfide) groups is 1. The zero-order chi connectivity index (χ0) is 13.0. The highest BCUT2D eigenvalue weighted by molar-refractivity contribution is 7.99. The van der Waals surface area contributed by atoms with Gasteiger partial charge in [-0.15, -0.1) is 11.8 Å². The van der Waals surface area contributed by atoms with Crippen LogP contribution < -0.4 is 11.3 Å². The fraction of sp³-hybridized carbons (Fsp3) is 0.308. The summed E-state index contributed by atoms with van der Waals surface area (Å²) in [5.41, 5.74) is 5.09. The summed E-state index contributed by atoms with van der Waals surface area (Å²) < 4.78 is 1.79. The number of nitrogens with one attached hydrogen (secondary N) is 1. The number of nitrogens with two attached hydrogens (primary N) is 1. The summed E-state index contributed by atoms with van der Waals surface area (Å²) >= 11 is 1.79. The number of hydrogen-bond acceptors (Lipinski definition) is 4. The SMILES string of the molecule is Cc1ccccc1SCC(NN)c1ccn(C)n1. The first-order valence-corrected chi connectivity index (χ1v) is 6.83. The summed E-state index contributed by atoms with van der Waals surface area (Å²) in [6, 6.07) is 10.4. The molecule has 3 N–H and O–H groups in total. The second-order valence-electron chi connectivity index (χ2n) is 4.21. The van der Waals surface area contributed by atoms with Crippen LogP contribution in [0.15, 0.2) is 41.4 Å². The van der Waals surface area contributed by atoms with Crippen LogP contribution in [0.1, 0.15) is 17.3 Å². The molecule has 0 aliphatic heterocycles. The molecule has 2 rings (SSSR count). The van der Waals surface area contributed by atoms with Gasteiger partial charge in [0.15, 0.2) is 0 Å². The molecule has 18 heavy (non-hydrogen) atoms. The van der Waals surface area contributed by atoms with Crippen molar-refractivity contribution >= 4 is 11.8 Å². The van der Waals surface area contributed by atoms with Gasteiger partial charge in [0, 0.05) is 23.9 Å². The van der Waals surface area contributed by atoms with Crippen LogP contribution in [0.4, 0.5) is 0 Å². The van der Waals surface area contributed by atoms with Gasteiger partial charge in [-0.3, -0.25) is 16.0 Å². The first kappa shape index (κ1) is 13.1. The van der Waals surface area contributed by atoms with E-state index in [1.165, 1.54) is 10.5 Å². The lowest BCUT2D eigenvalue weighted by atomic mass is 10.2. The summed E-state index contributed by atoms with van der Waals surface area (Å²) in [7, 11) is 1.91. The molecule has 96 valence electrons. The normalized spacial score (nSPS) is 12.6. The molecule has 0 saturated heterocycles. The van der Waals surface area contributed by atoms with Crippen LogP contribution in [-0.2, 0) is 7.05 Å². The smallest absolute Gasteiger partial charge is 0.0815 e. The van der Waals surface area contributed by atoms with Gasteiger partial charge < -0.3 is 0 Å². The van der Waals surface area contributed by atoms with Gasteiger partial charge in [-0.25, -0.2) is 0 Å². The summed E-state index contributed by atoms with van der Waals surface area (Å²) in [5.74, 6) is 6.46. The number of hydrazine groups is 1. The summed E-state index contributed by atoms with van der Waals surface area (Å²) in [6.07, 6.45) is 1.93. The molecule has 1 aromatic heterocycles. The van der Waals surface area contributed by atoms with Gasteiger partial charge >= 0.3 is 0 Å². The van der Waals surface area contributed by atoms with Crippen molar-refractivity contribution in [3.63, 3.8) is 0 Å². The average molecular weight is 262 g/mol. The molecule has 5 heteroatoms. The first-order valence-electron chi connectivity index (χ1n) is 5.85. The molecule has 0 fully saturated rings. The van der Waals surface area contributed by atoms with Crippen molar-refractivity contribution in [1.82, 2.24) is 15.2 Å². The fourth-order valence-electron chi connectivity index (χ4n) is 1.73. The lowest BCUT2D eigenvalue weighted by molar-refractivity contribution is 0.581. The van der Waals surface area contributed by atoms with Gasteiger partial charge in [0.25, 0.3) is 0 Å². The molecule has 0 amide bonds. The van der Waals surface area contributed by atoms with E-state index in [2.05, 4.69) is 41.7 Å². The summed E-state index contributed by atoms with van der Waals surface area (Å²) in [5, 5.41) is 4.38. The Hall–Kier alpha value is -1.30. The number of aromatic nitrogens is 2. The first-order chi connectivity index (χ1) is 8.70. The molecule has 2 aromatic rings. The predicted molar refractivity (Wildman–Crippen MR) is 75.2 cm³/mol. The zero-order valence-electron chi connectivity index (χ0n) is 10.6. The van der Waals surface area contributed by atoms with E-state index in [1.807, 2.05) is 19.3 Å². The van der Waals surface area contributed by atoms with Gasteiger partial charge in [-0.1, -0.05) is 18.2 Å². The van der Waals surface area contributed by atoms with Gasteiger partial charge in [0.05, 0.1) is 11.7 Å². The van der Waals surface area contributed by atoms with E-state index in [4.69, 9.17) is 5.84 Å². The second-order valence-corrected chi connectivity index (χ2v) is 5.27. The molecule has 1 aromatic carbocycles. The van der Waals surface area contributed by atoms with Crippen molar-refractivity contribution in [2.45, 2.75) is 17.9 Å². The minimum Gasteiger partial charge on any atom is -0.275 e. The lowest BCUT2D eigenvalue weighted by Crippen LogP contribution is -2.30. The minimum atomic E-state index is 0.0656. The maximum atomic E-state index is 5.60. The maximum absolute atomic E-state index is 5.60. The number of nitrogens with zero attached hydrogens (tertiary/aromatic N) is 2. The standard InChI is InChI=1S/C13H18N4S/c1-10-5-3-4-6-13(10)18-9-12(15-14)11-7-8-17(2)16-11/h3-8,12,15H,9,14H2,1-2H3. The Morgan fingerprint density at radius 1 is 1.39 bits per heavy atom. The van der Waals surface area contributed by atoms with E-state index in [0.29, 0.717) is 0 Å². The van der Waals surface area contributed by atoms with E-state index < -0.39 is 0 Å². The lowest BCUT2D eigenvalue weighted by Gasteiger charge is -2.13. The molecule has 1 atom stereocenters. The fourth-order valence-corrected chi connectivity index (χ4v) is 2.81. The molecule has 1 heterocycles. The Morgan fingerprint density at radius 3 is 2.78 bits per heavy atom. The highest BCUT2D eigenvalue weighted by Gasteiger charge is 2.13. The van der Waals surface area contributed by atoms with Gasteiger partial charge in [0.2, 0.25) is 0 Å². The number of aryl methyl sites for hydroxylation is 2. The molecule has 1 unspecified atom stereocenters. The Morgan fingerprint density at radius 2 is 2.17 bits per heavy atom. The summed E-state index contributed by atoms with van der Waals surface area (Å²) in [6.45, 7) is 2.12. The molecular formula is C13H18N4S. The molecule has 0 bridgehead atoms. The number of benzene rings is 1. The monoisotopic (exact) mass is 262 g/mol. The average Bonchev–Trinajstić information content (AvgIpc) is 2.79. The van der Waals surface area contributed by atoms with E-state index in [0.717, 1.165) is 11.4 Å². The molecule has 4 nitrogen and oxygen atoms in total. The van der Waals surface area contributed by atoms with Gasteiger partial charge in [0.1, 0.15) is 0 Å². The van der Waals surface area contributed by atoms with Crippen LogP contribution in [0.3, 0.4) is 0 Å². The topological polar surface area (TPSA) is 55.9 Å². The minimum absolute atomic E-state index is 0.0656. The van der Waals surface area contributed by atoms with Crippen LogP contribution in [-0.4, -0.2) is 15.5 Å². The largest absolute Gasteiger partial charge is 0.275 e. The molecule has 0 aliphatic carbocycles. The van der Waals surface area contributed by atoms with Crippen molar-refractivity contribution in [1.29, 1.82) is 0 Å². The third-order valence-corrected chi connectivity index (χ3v) is 4.06. The van der Waals surface area contributed by atoms with Crippen LogP contribution in [0.25, 0.3) is 0 Å². The third kappa shape index (κ3) is 3.13. The van der Waals surface area contributed by atoms with Crippen molar-refractivity contribution in [2.75, 3.05) is 5.75 Å². The summed E-state index contributed by atoms with van der Waals surface area (Å²) in [4.78, 5) is 1.29. The van der Waals surface area contributed by atoms with E-state index in [-0.39, 0.29) is 6.04 Å². The van der Waals surface area contributed by atoms with Gasteiger partial charge in [-0.05, 0) is 24.6 Å². The highest BCUT2D eigenvalue weighted by Crippen LogP contribution is 2.26. The Bertz CT molecular complexity index is 509. The van der Waals surface area contributed by atoms with Crippen molar-refractivity contribution in [3.05, 3.63) is 47.8 Å². The Labute approximate surface area is 112 Å². The van der Waals surface area contributed by atoms with E-state index >= 15 is 0 Å².